The van der Waals surface area contributed by atoms with Crippen LogP contribution in [0.2, 0.25) is 24.2 Å². The van der Waals surface area contributed by atoms with Crippen molar-refractivity contribution >= 4 is 19.7 Å². The highest BCUT2D eigenvalue weighted by molar-refractivity contribution is 6.79. The van der Waals surface area contributed by atoms with Gasteiger partial charge in [-0.25, -0.2) is 4.79 Å². The molecule has 1 aromatic carbocycles. The van der Waals surface area contributed by atoms with Crippen molar-refractivity contribution in [2.75, 3.05) is 11.9 Å². The number of unbranched alkanes of at least 4 members (excludes halogenated alkanes) is 8. The summed E-state index contributed by atoms with van der Waals surface area (Å²) in [5.74, 6) is -0.869. The third-order valence-corrected chi connectivity index (χ3v) is 12.8. The molecule has 1 rings (SSSR count). The number of carboxylic acids is 1. The van der Waals surface area contributed by atoms with E-state index in [1.165, 1.54) is 77.0 Å². The van der Waals surface area contributed by atoms with Crippen LogP contribution in [0.3, 0.4) is 0 Å². The molecule has 0 heterocycles. The molecule has 2 N–H and O–H groups in total. The molecule has 0 atom stereocenters. The van der Waals surface area contributed by atoms with Crippen LogP contribution >= 0.6 is 0 Å². The molecule has 0 saturated carbocycles. The number of carboxylic acid groups (broad SMARTS) is 1. The molecule has 0 bridgehead atoms. The van der Waals surface area contributed by atoms with E-state index in [1.807, 2.05) is 12.1 Å². The molecular formula is C27H49NO2Si. The molecule has 178 valence electrons. The van der Waals surface area contributed by atoms with Crippen LogP contribution in [0, 0.1) is 0 Å². The maximum atomic E-state index is 10.9. The van der Waals surface area contributed by atoms with Crippen molar-refractivity contribution in [1.82, 2.24) is 0 Å². The summed E-state index contributed by atoms with van der Waals surface area (Å²) >= 11 is 0. The molecular weight excluding hydrogens is 398 g/mol. The number of benzene rings is 1. The first-order valence-electron chi connectivity index (χ1n) is 13.1. The number of aromatic carboxylic acids is 1. The average Bonchev–Trinajstić information content (AvgIpc) is 2.75. The third kappa shape index (κ3) is 12.4. The van der Waals surface area contributed by atoms with Gasteiger partial charge >= 0.3 is 5.97 Å². The second kappa shape index (κ2) is 17.3. The van der Waals surface area contributed by atoms with E-state index in [9.17, 15) is 4.79 Å². The van der Waals surface area contributed by atoms with Gasteiger partial charge in [-0.15, -0.1) is 0 Å². The lowest BCUT2D eigenvalue weighted by Crippen LogP contribution is -2.33. The second-order valence-electron chi connectivity index (χ2n) is 9.49. The van der Waals surface area contributed by atoms with E-state index < -0.39 is 14.0 Å². The van der Waals surface area contributed by atoms with Gasteiger partial charge in [-0.3, -0.25) is 0 Å². The van der Waals surface area contributed by atoms with Crippen LogP contribution in [0.25, 0.3) is 0 Å². The largest absolute Gasteiger partial charge is 0.478 e. The van der Waals surface area contributed by atoms with Gasteiger partial charge in [0, 0.05) is 12.2 Å². The minimum Gasteiger partial charge on any atom is -0.478 e. The Bertz CT molecular complexity index is 556. The molecule has 0 amide bonds. The molecule has 0 spiro atoms. The van der Waals surface area contributed by atoms with Crippen molar-refractivity contribution in [2.45, 2.75) is 122 Å². The van der Waals surface area contributed by atoms with Crippen LogP contribution in [0.5, 0.6) is 0 Å². The standard InChI is InChI=1S/C27H49NO2Si/c1-4-21-31(22-5-2,23-6-3)24-15-13-11-9-7-8-10-12-14-20-28-26-18-16-25(17-19-26)27(29)30/h16-19,28H,4-15,20-24H2,1-3H3,(H,29,30). The van der Waals surface area contributed by atoms with Gasteiger partial charge in [-0.05, 0) is 30.7 Å². The Morgan fingerprint density at radius 3 is 1.61 bits per heavy atom. The van der Waals surface area contributed by atoms with Gasteiger partial charge in [0.05, 0.1) is 13.6 Å². The quantitative estimate of drug-likeness (QED) is 0.155. The predicted molar refractivity (Wildman–Crippen MR) is 139 cm³/mol. The summed E-state index contributed by atoms with van der Waals surface area (Å²) in [5, 5.41) is 12.3. The van der Waals surface area contributed by atoms with Crippen molar-refractivity contribution in [3.63, 3.8) is 0 Å². The number of hydrogen-bond acceptors (Lipinski definition) is 2. The molecule has 0 fully saturated rings. The maximum Gasteiger partial charge on any atom is 0.335 e. The van der Waals surface area contributed by atoms with Crippen LogP contribution in [-0.4, -0.2) is 25.7 Å². The van der Waals surface area contributed by atoms with Crippen molar-refractivity contribution in [3.8, 4) is 0 Å². The molecule has 4 heteroatoms. The Morgan fingerprint density at radius 2 is 1.16 bits per heavy atom. The van der Waals surface area contributed by atoms with E-state index in [0.717, 1.165) is 12.2 Å². The zero-order chi connectivity index (χ0) is 22.8. The van der Waals surface area contributed by atoms with E-state index in [4.69, 9.17) is 5.11 Å². The van der Waals surface area contributed by atoms with Gasteiger partial charge < -0.3 is 10.4 Å². The first kappa shape index (κ1) is 27.7. The number of carbonyl (C=O) groups is 1. The summed E-state index contributed by atoms with van der Waals surface area (Å²) in [7, 11) is -0.954. The summed E-state index contributed by atoms with van der Waals surface area (Å²) < 4.78 is 0. The molecule has 3 nitrogen and oxygen atoms in total. The third-order valence-electron chi connectivity index (χ3n) is 6.69. The Balaban J connectivity index is 2.00. The lowest BCUT2D eigenvalue weighted by molar-refractivity contribution is 0.0697. The SMILES string of the molecule is CCC[Si](CCC)(CCC)CCCCCCCCCCCNc1ccc(C(=O)O)cc1. The second-order valence-corrected chi connectivity index (χ2v) is 14.5. The summed E-state index contributed by atoms with van der Waals surface area (Å²) in [4.78, 5) is 10.9. The minimum atomic E-state index is -0.954. The topological polar surface area (TPSA) is 49.3 Å². The smallest absolute Gasteiger partial charge is 0.335 e. The van der Waals surface area contributed by atoms with Gasteiger partial charge in [0.25, 0.3) is 0 Å². The van der Waals surface area contributed by atoms with Gasteiger partial charge in [-0.2, -0.15) is 0 Å². The number of anilines is 1. The van der Waals surface area contributed by atoms with E-state index in [1.54, 1.807) is 36.3 Å². The van der Waals surface area contributed by atoms with E-state index in [0.29, 0.717) is 5.56 Å². The molecule has 0 aliphatic carbocycles. The Hall–Kier alpha value is -1.29. The number of nitrogens with one attached hydrogen (secondary N) is 1. The van der Waals surface area contributed by atoms with Crippen molar-refractivity contribution in [2.24, 2.45) is 0 Å². The maximum absolute atomic E-state index is 10.9. The van der Waals surface area contributed by atoms with Crippen LogP contribution in [0.1, 0.15) is 108 Å². The average molecular weight is 448 g/mol. The first-order chi connectivity index (χ1) is 15.1. The Labute approximate surface area is 193 Å². The van der Waals surface area contributed by atoms with E-state index in [-0.39, 0.29) is 0 Å². The Kier molecular flexibility index (Phi) is 15.5. The summed E-state index contributed by atoms with van der Waals surface area (Å²) in [6.07, 6.45) is 16.6. The number of rotatable bonds is 20. The molecule has 0 saturated heterocycles. The van der Waals surface area contributed by atoms with Crippen LogP contribution in [0.4, 0.5) is 5.69 Å². The van der Waals surface area contributed by atoms with Crippen molar-refractivity contribution in [1.29, 1.82) is 0 Å². The zero-order valence-electron chi connectivity index (χ0n) is 20.7. The minimum absolute atomic E-state index is 0.342. The van der Waals surface area contributed by atoms with Gasteiger partial charge in [0.15, 0.2) is 0 Å². The molecule has 1 aromatic rings. The fraction of sp³-hybridized carbons (Fsp3) is 0.741. The number of hydrogen-bond donors (Lipinski definition) is 2. The van der Waals surface area contributed by atoms with Crippen LogP contribution < -0.4 is 5.32 Å². The summed E-state index contributed by atoms with van der Waals surface area (Å²) in [5.41, 5.74) is 1.35. The highest BCUT2D eigenvalue weighted by atomic mass is 28.3. The predicted octanol–water partition coefficient (Wildman–Crippen LogP) is 8.99. The summed E-state index contributed by atoms with van der Waals surface area (Å²) in [6.45, 7) is 8.14. The normalized spacial score (nSPS) is 11.6. The van der Waals surface area contributed by atoms with Gasteiger partial charge in [0.2, 0.25) is 0 Å². The van der Waals surface area contributed by atoms with Crippen LogP contribution in [0.15, 0.2) is 24.3 Å². The van der Waals surface area contributed by atoms with Crippen molar-refractivity contribution in [3.05, 3.63) is 29.8 Å². The highest BCUT2D eigenvalue weighted by Gasteiger charge is 2.28. The van der Waals surface area contributed by atoms with Gasteiger partial charge in [-0.1, -0.05) is 116 Å². The van der Waals surface area contributed by atoms with Crippen molar-refractivity contribution < 1.29 is 9.90 Å². The molecule has 31 heavy (non-hydrogen) atoms. The molecule has 0 aliphatic rings. The monoisotopic (exact) mass is 447 g/mol. The first-order valence-corrected chi connectivity index (χ1v) is 16.0. The lowest BCUT2D eigenvalue weighted by Gasteiger charge is -2.31. The highest BCUT2D eigenvalue weighted by Crippen LogP contribution is 2.32. The zero-order valence-corrected chi connectivity index (χ0v) is 21.7. The molecule has 0 aromatic heterocycles. The summed E-state index contributed by atoms with van der Waals surface area (Å²) in [6, 6.07) is 13.3. The van der Waals surface area contributed by atoms with E-state index in [2.05, 4.69) is 26.1 Å². The molecule has 0 radical (unpaired) electrons. The molecule has 0 unspecified atom stereocenters. The molecule has 0 aliphatic heterocycles. The fourth-order valence-electron chi connectivity index (χ4n) is 5.17. The van der Waals surface area contributed by atoms with Crippen LogP contribution in [-0.2, 0) is 0 Å². The lowest BCUT2D eigenvalue weighted by atomic mass is 10.1. The van der Waals surface area contributed by atoms with E-state index >= 15 is 0 Å². The fourth-order valence-corrected chi connectivity index (χ4v) is 10.8. The Morgan fingerprint density at radius 1 is 0.710 bits per heavy atom. The van der Waals surface area contributed by atoms with Gasteiger partial charge in [0.1, 0.15) is 0 Å².